The van der Waals surface area contributed by atoms with Crippen LogP contribution in [0.2, 0.25) is 0 Å². The van der Waals surface area contributed by atoms with E-state index in [0.29, 0.717) is 12.2 Å². The van der Waals surface area contributed by atoms with Gasteiger partial charge in [0.1, 0.15) is 5.82 Å². The Morgan fingerprint density at radius 1 is 1.32 bits per heavy atom. The zero-order chi connectivity index (χ0) is 16.3. The molecule has 4 nitrogen and oxygen atoms in total. The number of anilines is 1. The fourth-order valence-corrected chi connectivity index (χ4v) is 5.88. The number of nitrogens with zero attached hydrogens (tertiary/aromatic N) is 1. The second-order valence-electron chi connectivity index (χ2n) is 6.97. The first-order valence-electron chi connectivity index (χ1n) is 7.28. The summed E-state index contributed by atoms with van der Waals surface area (Å²) in [7, 11) is 0. The highest BCUT2D eigenvalue weighted by Gasteiger charge is 2.76. The number of nitrogens with one attached hydrogen (secondary N) is 1. The van der Waals surface area contributed by atoms with E-state index in [2.05, 4.69) is 42.2 Å². The third-order valence-corrected chi connectivity index (χ3v) is 7.76. The predicted octanol–water partition coefficient (Wildman–Crippen LogP) is 3.94. The Morgan fingerprint density at radius 3 is 2.50 bits per heavy atom. The van der Waals surface area contributed by atoms with Crippen molar-refractivity contribution in [1.29, 1.82) is 0 Å². The van der Waals surface area contributed by atoms with Crippen molar-refractivity contribution >= 4 is 49.4 Å². The molecule has 0 aliphatic heterocycles. The molecular formula is C16H18Br2N2O2. The summed E-state index contributed by atoms with van der Waals surface area (Å²) in [6, 6.07) is 3.58. The van der Waals surface area contributed by atoms with Gasteiger partial charge in [-0.15, -0.1) is 0 Å². The van der Waals surface area contributed by atoms with Crippen LogP contribution in [0, 0.1) is 16.2 Å². The summed E-state index contributed by atoms with van der Waals surface area (Å²) in [4.78, 5) is 29.5. The summed E-state index contributed by atoms with van der Waals surface area (Å²) in [5.41, 5.74) is -1.58. The highest BCUT2D eigenvalue weighted by molar-refractivity contribution is 9.10. The lowest BCUT2D eigenvalue weighted by Gasteiger charge is -2.39. The van der Waals surface area contributed by atoms with Gasteiger partial charge >= 0.3 is 0 Å². The van der Waals surface area contributed by atoms with E-state index >= 15 is 0 Å². The van der Waals surface area contributed by atoms with Crippen LogP contribution < -0.4 is 5.32 Å². The Kier molecular flexibility index (Phi) is 3.57. The van der Waals surface area contributed by atoms with Crippen molar-refractivity contribution in [2.24, 2.45) is 16.2 Å². The number of alkyl halides is 1. The van der Waals surface area contributed by atoms with Crippen LogP contribution in [-0.4, -0.2) is 21.5 Å². The van der Waals surface area contributed by atoms with E-state index in [-0.39, 0.29) is 11.7 Å². The Balaban J connectivity index is 1.97. The standard InChI is InChI=1S/C16H18Br2N2O2/c1-14(2)15(3)6-7-16(14,11(18)12(15)21)13(22)20-10-5-4-9(17)8-19-10/h4-5,8,11H,6-7H2,1-3H3,(H,19,20,22)/t11-,15+,16+/m1/s1. The minimum absolute atomic E-state index is 0.122. The second kappa shape index (κ2) is 4.87. The highest BCUT2D eigenvalue weighted by Crippen LogP contribution is 2.72. The zero-order valence-electron chi connectivity index (χ0n) is 12.7. The fraction of sp³-hybridized carbons (Fsp3) is 0.562. The van der Waals surface area contributed by atoms with Crippen molar-refractivity contribution in [3.63, 3.8) is 0 Å². The van der Waals surface area contributed by atoms with Gasteiger partial charge in [0.25, 0.3) is 0 Å². The first kappa shape index (κ1) is 16.1. The van der Waals surface area contributed by atoms with E-state index in [1.807, 2.05) is 26.8 Å². The Hall–Kier alpha value is -0.750. The highest BCUT2D eigenvalue weighted by atomic mass is 79.9. The Labute approximate surface area is 146 Å². The molecule has 3 atom stereocenters. The second-order valence-corrected chi connectivity index (χ2v) is 8.80. The molecule has 6 heteroatoms. The van der Waals surface area contributed by atoms with Gasteiger partial charge in [-0.05, 0) is 46.3 Å². The van der Waals surface area contributed by atoms with Crippen LogP contribution in [0.3, 0.4) is 0 Å². The van der Waals surface area contributed by atoms with Gasteiger partial charge in [0.2, 0.25) is 5.91 Å². The molecular weight excluding hydrogens is 412 g/mol. The maximum absolute atomic E-state index is 13.0. The number of carbonyl (C=O) groups excluding carboxylic acids is 2. The molecule has 1 aromatic rings. The fourth-order valence-electron chi connectivity index (χ4n) is 4.13. The smallest absolute Gasteiger partial charge is 0.233 e. The van der Waals surface area contributed by atoms with E-state index in [4.69, 9.17) is 0 Å². The lowest BCUT2D eigenvalue weighted by Crippen LogP contribution is -2.48. The molecule has 1 amide bonds. The minimum atomic E-state index is -0.729. The molecule has 118 valence electrons. The molecule has 0 unspecified atom stereocenters. The van der Waals surface area contributed by atoms with Crippen LogP contribution in [0.25, 0.3) is 0 Å². The number of pyridine rings is 1. The van der Waals surface area contributed by atoms with Crippen LogP contribution in [0.5, 0.6) is 0 Å². The van der Waals surface area contributed by atoms with Gasteiger partial charge in [-0.25, -0.2) is 4.98 Å². The molecule has 0 aromatic carbocycles. The van der Waals surface area contributed by atoms with Gasteiger partial charge in [-0.1, -0.05) is 36.7 Å². The summed E-state index contributed by atoms with van der Waals surface area (Å²) in [5, 5.41) is 2.90. The van der Waals surface area contributed by atoms with Crippen LogP contribution >= 0.6 is 31.9 Å². The number of carbonyl (C=O) groups is 2. The monoisotopic (exact) mass is 428 g/mol. The molecule has 2 aliphatic carbocycles. The molecule has 1 N–H and O–H groups in total. The van der Waals surface area contributed by atoms with Crippen molar-refractivity contribution in [1.82, 2.24) is 4.98 Å². The summed E-state index contributed by atoms with van der Waals surface area (Å²) < 4.78 is 0.854. The maximum Gasteiger partial charge on any atom is 0.233 e. The van der Waals surface area contributed by atoms with E-state index in [9.17, 15) is 9.59 Å². The minimum Gasteiger partial charge on any atom is -0.310 e. The van der Waals surface area contributed by atoms with E-state index < -0.39 is 21.1 Å². The van der Waals surface area contributed by atoms with Gasteiger partial charge in [0.15, 0.2) is 5.78 Å². The van der Waals surface area contributed by atoms with Crippen LogP contribution in [-0.2, 0) is 9.59 Å². The lowest BCUT2D eigenvalue weighted by molar-refractivity contribution is -0.130. The van der Waals surface area contributed by atoms with Gasteiger partial charge < -0.3 is 5.32 Å². The van der Waals surface area contributed by atoms with Crippen molar-refractivity contribution < 1.29 is 9.59 Å². The number of hydrogen-bond donors (Lipinski definition) is 1. The van der Waals surface area contributed by atoms with Gasteiger partial charge in [-0.3, -0.25) is 9.59 Å². The van der Waals surface area contributed by atoms with E-state index in [0.717, 1.165) is 10.9 Å². The third kappa shape index (κ3) is 1.77. The first-order valence-corrected chi connectivity index (χ1v) is 8.99. The SMILES string of the molecule is CC1(C)[C@@]2(C)CC[C@@]1(C(=O)Nc1ccc(Br)cn1)[C@H](Br)C2=O. The lowest BCUT2D eigenvalue weighted by atomic mass is 9.64. The molecule has 1 heterocycles. The normalized spacial score (nSPS) is 35.7. The molecule has 2 aliphatic rings. The molecule has 22 heavy (non-hydrogen) atoms. The summed E-state index contributed by atoms with van der Waals surface area (Å²) in [6.45, 7) is 6.06. The number of amides is 1. The third-order valence-electron chi connectivity index (χ3n) is 6.09. The average molecular weight is 430 g/mol. The first-order chi connectivity index (χ1) is 10.2. The molecule has 2 fully saturated rings. The van der Waals surface area contributed by atoms with Crippen molar-refractivity contribution in [3.8, 4) is 0 Å². The zero-order valence-corrected chi connectivity index (χ0v) is 15.9. The van der Waals surface area contributed by atoms with Crippen LogP contribution in [0.4, 0.5) is 5.82 Å². The molecule has 2 bridgehead atoms. The molecule has 0 radical (unpaired) electrons. The van der Waals surface area contributed by atoms with Crippen molar-refractivity contribution in [3.05, 3.63) is 22.8 Å². The number of fused-ring (bicyclic) bond motifs is 2. The summed E-state index contributed by atoms with van der Waals surface area (Å²) in [5.74, 6) is 0.525. The number of aromatic nitrogens is 1. The number of Topliss-reactive ketones (excluding diaryl/α,β-unsaturated/α-hetero) is 1. The summed E-state index contributed by atoms with van der Waals surface area (Å²) >= 11 is 6.84. The number of rotatable bonds is 2. The largest absolute Gasteiger partial charge is 0.310 e. The molecule has 1 aromatic heterocycles. The topological polar surface area (TPSA) is 59.1 Å². The molecule has 0 saturated heterocycles. The van der Waals surface area contributed by atoms with Gasteiger partial charge in [0.05, 0.1) is 10.2 Å². The quantitative estimate of drug-likeness (QED) is 0.724. The van der Waals surface area contributed by atoms with Crippen LogP contribution in [0.15, 0.2) is 22.8 Å². The summed E-state index contributed by atoms with van der Waals surface area (Å²) in [6.07, 6.45) is 3.10. The van der Waals surface area contributed by atoms with Gasteiger partial charge in [0, 0.05) is 16.1 Å². The van der Waals surface area contributed by atoms with Gasteiger partial charge in [-0.2, -0.15) is 0 Å². The number of hydrogen-bond acceptors (Lipinski definition) is 3. The van der Waals surface area contributed by atoms with E-state index in [1.165, 1.54) is 0 Å². The Morgan fingerprint density at radius 2 is 2.00 bits per heavy atom. The predicted molar refractivity (Wildman–Crippen MR) is 91.8 cm³/mol. The van der Waals surface area contributed by atoms with Crippen molar-refractivity contribution in [2.45, 2.75) is 38.4 Å². The average Bonchev–Trinajstić information content (AvgIpc) is 2.74. The number of ketones is 1. The molecule has 2 saturated carbocycles. The number of halogens is 2. The van der Waals surface area contributed by atoms with E-state index in [1.54, 1.807) is 12.3 Å². The Bertz CT molecular complexity index is 659. The molecule has 0 spiro atoms. The maximum atomic E-state index is 13.0. The van der Waals surface area contributed by atoms with Crippen LogP contribution in [0.1, 0.15) is 33.6 Å². The van der Waals surface area contributed by atoms with Crippen molar-refractivity contribution in [2.75, 3.05) is 5.32 Å². The molecule has 3 rings (SSSR count).